The number of hydrogen-bond acceptors (Lipinski definition) is 7. The molecule has 0 aliphatic heterocycles. The van der Waals surface area contributed by atoms with E-state index in [1.165, 1.54) is 36.4 Å². The average molecular weight is 328 g/mol. The Labute approximate surface area is 122 Å². The first kappa shape index (κ1) is 15.3. The van der Waals surface area contributed by atoms with Crippen LogP contribution in [0.1, 0.15) is 0 Å². The summed E-state index contributed by atoms with van der Waals surface area (Å²) in [5.41, 5.74) is 11.3. The molecule has 0 aliphatic rings. The molecule has 0 heterocycles. The molecular formula is C12H12N2O5S2. The van der Waals surface area contributed by atoms with Gasteiger partial charge in [0.25, 0.3) is 0 Å². The molecule has 9 heteroatoms. The van der Waals surface area contributed by atoms with Crippen molar-refractivity contribution in [1.82, 2.24) is 0 Å². The van der Waals surface area contributed by atoms with Crippen molar-refractivity contribution in [3.8, 4) is 0 Å². The van der Waals surface area contributed by atoms with E-state index in [2.05, 4.69) is 3.63 Å². The van der Waals surface area contributed by atoms with Gasteiger partial charge < -0.3 is 11.5 Å². The van der Waals surface area contributed by atoms with Crippen molar-refractivity contribution in [1.29, 1.82) is 0 Å². The molecule has 0 aliphatic carbocycles. The van der Waals surface area contributed by atoms with Gasteiger partial charge in [-0.1, -0.05) is 12.1 Å². The van der Waals surface area contributed by atoms with Crippen LogP contribution in [0.2, 0.25) is 0 Å². The lowest BCUT2D eigenvalue weighted by Crippen LogP contribution is -2.14. The predicted molar refractivity (Wildman–Crippen MR) is 77.2 cm³/mol. The lowest BCUT2D eigenvalue weighted by molar-refractivity contribution is 0.462. The van der Waals surface area contributed by atoms with Crippen LogP contribution in [0.4, 0.5) is 11.4 Å². The first-order chi connectivity index (χ1) is 9.71. The molecule has 2 rings (SSSR count). The second-order valence-electron chi connectivity index (χ2n) is 4.12. The standard InChI is InChI=1S/C12H12N2O5S2/c13-9-3-1-5-11(7-9)20(15,16)19-21(17,18)12-6-2-4-10(14)8-12/h1-8H,13-14H2. The molecule has 0 saturated heterocycles. The van der Waals surface area contributed by atoms with E-state index in [1.807, 2.05) is 0 Å². The second-order valence-corrected chi connectivity index (χ2v) is 7.42. The van der Waals surface area contributed by atoms with Gasteiger partial charge in [-0.25, -0.2) is 0 Å². The summed E-state index contributed by atoms with van der Waals surface area (Å²) < 4.78 is 52.2. The van der Waals surface area contributed by atoms with Gasteiger partial charge >= 0.3 is 20.2 Å². The minimum absolute atomic E-state index is 0.168. The highest BCUT2D eigenvalue weighted by Gasteiger charge is 2.26. The first-order valence-electron chi connectivity index (χ1n) is 5.63. The van der Waals surface area contributed by atoms with Crippen molar-refractivity contribution in [2.24, 2.45) is 0 Å². The summed E-state index contributed by atoms with van der Waals surface area (Å²) in [5, 5.41) is 0. The Kier molecular flexibility index (Phi) is 3.90. The Balaban J connectivity index is 2.40. The normalized spacial score (nSPS) is 12.2. The Morgan fingerprint density at radius 2 is 1.10 bits per heavy atom. The molecule has 0 amide bonds. The first-order valence-corrected chi connectivity index (χ1v) is 8.44. The minimum atomic E-state index is -4.51. The summed E-state index contributed by atoms with van der Waals surface area (Å²) >= 11 is 0. The summed E-state index contributed by atoms with van der Waals surface area (Å²) in [4.78, 5) is -0.704. The van der Waals surface area contributed by atoms with Crippen LogP contribution in [0, 0.1) is 0 Å². The maximum atomic E-state index is 12.0. The van der Waals surface area contributed by atoms with Crippen molar-refractivity contribution in [2.75, 3.05) is 11.5 Å². The Hall–Kier alpha value is -2.10. The van der Waals surface area contributed by atoms with E-state index in [4.69, 9.17) is 11.5 Å². The number of rotatable bonds is 4. The number of nitrogen functional groups attached to an aromatic ring is 2. The van der Waals surface area contributed by atoms with Crippen molar-refractivity contribution in [3.63, 3.8) is 0 Å². The monoisotopic (exact) mass is 328 g/mol. The third-order valence-corrected chi connectivity index (χ3v) is 5.57. The zero-order valence-electron chi connectivity index (χ0n) is 10.6. The summed E-state index contributed by atoms with van der Waals surface area (Å²) in [6.07, 6.45) is 0. The van der Waals surface area contributed by atoms with Crippen LogP contribution in [0.5, 0.6) is 0 Å². The smallest absolute Gasteiger partial charge is 0.311 e. The van der Waals surface area contributed by atoms with E-state index >= 15 is 0 Å². The number of nitrogens with two attached hydrogens (primary N) is 2. The molecule has 0 fully saturated rings. The zero-order chi connectivity index (χ0) is 15.7. The predicted octanol–water partition coefficient (Wildman–Crippen LogP) is 0.945. The van der Waals surface area contributed by atoms with Crippen LogP contribution in [0.15, 0.2) is 58.3 Å². The fourth-order valence-electron chi connectivity index (χ4n) is 1.54. The minimum Gasteiger partial charge on any atom is -0.399 e. The van der Waals surface area contributed by atoms with Gasteiger partial charge in [0.15, 0.2) is 0 Å². The average Bonchev–Trinajstić information content (AvgIpc) is 2.37. The van der Waals surface area contributed by atoms with Gasteiger partial charge in [0.05, 0.1) is 9.79 Å². The SMILES string of the molecule is Nc1cccc(S(=O)(=O)OS(=O)(=O)c2cccc(N)c2)c1. The maximum absolute atomic E-state index is 12.0. The molecule has 0 radical (unpaired) electrons. The fourth-order valence-corrected chi connectivity index (χ4v) is 4.16. The zero-order valence-corrected chi connectivity index (χ0v) is 12.3. The lowest BCUT2D eigenvalue weighted by Gasteiger charge is -2.07. The summed E-state index contributed by atoms with van der Waals surface area (Å²) in [5.74, 6) is 0. The van der Waals surface area contributed by atoms with Crippen LogP contribution in [0.3, 0.4) is 0 Å². The molecule has 0 saturated carbocycles. The highest BCUT2D eigenvalue weighted by molar-refractivity contribution is 7.99. The van der Waals surface area contributed by atoms with E-state index in [1.54, 1.807) is 0 Å². The van der Waals surface area contributed by atoms with Crippen LogP contribution >= 0.6 is 0 Å². The molecule has 2 aromatic carbocycles. The van der Waals surface area contributed by atoms with Crippen molar-refractivity contribution < 1.29 is 20.5 Å². The van der Waals surface area contributed by atoms with Crippen LogP contribution in [-0.4, -0.2) is 16.8 Å². The number of benzene rings is 2. The Bertz CT molecular complexity index is 803. The largest absolute Gasteiger partial charge is 0.399 e. The maximum Gasteiger partial charge on any atom is 0.311 e. The van der Waals surface area contributed by atoms with Crippen LogP contribution in [0.25, 0.3) is 0 Å². The molecule has 21 heavy (non-hydrogen) atoms. The van der Waals surface area contributed by atoms with Crippen LogP contribution in [-0.2, 0) is 23.9 Å². The molecular weight excluding hydrogens is 316 g/mol. The topological polar surface area (TPSA) is 130 Å². The van der Waals surface area contributed by atoms with E-state index in [-0.39, 0.29) is 21.2 Å². The third kappa shape index (κ3) is 3.51. The van der Waals surface area contributed by atoms with Gasteiger partial charge in [-0.2, -0.15) is 16.8 Å². The molecule has 2 aromatic rings. The van der Waals surface area contributed by atoms with Gasteiger partial charge in [-0.05, 0) is 36.4 Å². The van der Waals surface area contributed by atoms with Gasteiger partial charge in [0.1, 0.15) is 0 Å². The Morgan fingerprint density at radius 3 is 1.43 bits per heavy atom. The second kappa shape index (κ2) is 5.35. The summed E-state index contributed by atoms with van der Waals surface area (Å²) in [7, 11) is -9.02. The van der Waals surface area contributed by atoms with Gasteiger partial charge in [-0.3, -0.25) is 0 Å². The van der Waals surface area contributed by atoms with Gasteiger partial charge in [-0.15, -0.1) is 3.63 Å². The quantitative estimate of drug-likeness (QED) is 0.799. The van der Waals surface area contributed by atoms with Crippen molar-refractivity contribution in [2.45, 2.75) is 9.79 Å². The molecule has 0 atom stereocenters. The lowest BCUT2D eigenvalue weighted by atomic mass is 10.3. The van der Waals surface area contributed by atoms with Crippen molar-refractivity contribution >= 4 is 31.6 Å². The molecule has 112 valence electrons. The molecule has 0 bridgehead atoms. The molecule has 7 nitrogen and oxygen atoms in total. The van der Waals surface area contributed by atoms with Gasteiger partial charge in [0, 0.05) is 11.4 Å². The van der Waals surface area contributed by atoms with E-state index in [9.17, 15) is 16.8 Å². The summed E-state index contributed by atoms with van der Waals surface area (Å²) in [6.45, 7) is 0. The van der Waals surface area contributed by atoms with Crippen molar-refractivity contribution in [3.05, 3.63) is 48.5 Å². The molecule has 0 spiro atoms. The Morgan fingerprint density at radius 1 is 0.714 bits per heavy atom. The van der Waals surface area contributed by atoms with Crippen LogP contribution < -0.4 is 11.5 Å². The van der Waals surface area contributed by atoms with Gasteiger partial charge in [0.2, 0.25) is 0 Å². The number of hydrogen-bond donors (Lipinski definition) is 2. The highest BCUT2D eigenvalue weighted by Crippen LogP contribution is 2.22. The van der Waals surface area contributed by atoms with E-state index < -0.39 is 20.2 Å². The molecule has 0 aromatic heterocycles. The third-order valence-electron chi connectivity index (χ3n) is 2.47. The summed E-state index contributed by atoms with van der Waals surface area (Å²) in [6, 6.07) is 10.2. The number of anilines is 2. The highest BCUT2D eigenvalue weighted by atomic mass is 32.3. The molecule has 4 N–H and O–H groups in total. The molecule has 0 unspecified atom stereocenters. The van der Waals surface area contributed by atoms with E-state index in [0.29, 0.717) is 0 Å². The fraction of sp³-hybridized carbons (Fsp3) is 0. The van der Waals surface area contributed by atoms with E-state index in [0.717, 1.165) is 12.1 Å².